The maximum atomic E-state index is 11.8. The summed E-state index contributed by atoms with van der Waals surface area (Å²) < 4.78 is 6.30. The lowest BCUT2D eigenvalue weighted by Gasteiger charge is -2.05. The Kier molecular flexibility index (Phi) is 4.89. The molecule has 7 heteroatoms. The predicted octanol–water partition coefficient (Wildman–Crippen LogP) is 0.887. The van der Waals surface area contributed by atoms with Gasteiger partial charge in [-0.2, -0.15) is 5.10 Å². The fourth-order valence-electron chi connectivity index (χ4n) is 2.04. The molecule has 2 aromatic rings. The van der Waals surface area contributed by atoms with Gasteiger partial charge in [0.05, 0.1) is 5.52 Å². The topological polar surface area (TPSA) is 93.5 Å². The fraction of sp³-hybridized carbons (Fsp3) is 0.357. The number of methoxy groups -OCH3 is 1. The molecule has 0 aliphatic heterocycles. The zero-order chi connectivity index (χ0) is 15.2. The molecule has 2 rings (SSSR count). The van der Waals surface area contributed by atoms with Crippen molar-refractivity contribution in [1.29, 1.82) is 0 Å². The average Bonchev–Trinajstić information content (AvgIpc) is 2.83. The van der Waals surface area contributed by atoms with E-state index in [2.05, 4.69) is 10.4 Å². The SMILES string of the molecule is COCCCNC(=O)Cn1nc(C(=O)O)c2ccccc21. The second-order valence-electron chi connectivity index (χ2n) is 4.52. The predicted molar refractivity (Wildman–Crippen MR) is 76.2 cm³/mol. The number of fused-ring (bicyclic) bond motifs is 1. The van der Waals surface area contributed by atoms with Gasteiger partial charge in [0, 0.05) is 25.6 Å². The first-order valence-electron chi connectivity index (χ1n) is 6.58. The highest BCUT2D eigenvalue weighted by molar-refractivity contribution is 6.01. The molecule has 0 saturated heterocycles. The molecule has 21 heavy (non-hydrogen) atoms. The lowest BCUT2D eigenvalue weighted by Crippen LogP contribution is -2.29. The van der Waals surface area contributed by atoms with Crippen LogP contribution in [0.3, 0.4) is 0 Å². The Bertz CT molecular complexity index is 651. The summed E-state index contributed by atoms with van der Waals surface area (Å²) >= 11 is 0. The first-order chi connectivity index (χ1) is 10.1. The van der Waals surface area contributed by atoms with Crippen LogP contribution in [0.25, 0.3) is 10.9 Å². The van der Waals surface area contributed by atoms with Crippen molar-refractivity contribution in [1.82, 2.24) is 15.1 Å². The number of nitrogens with zero attached hydrogens (tertiary/aromatic N) is 2. The number of hydrogen-bond acceptors (Lipinski definition) is 4. The largest absolute Gasteiger partial charge is 0.476 e. The quantitative estimate of drug-likeness (QED) is 0.739. The molecule has 0 spiro atoms. The van der Waals surface area contributed by atoms with Crippen LogP contribution in [0.4, 0.5) is 0 Å². The Morgan fingerprint density at radius 1 is 1.38 bits per heavy atom. The van der Waals surface area contributed by atoms with Crippen molar-refractivity contribution in [2.75, 3.05) is 20.3 Å². The fourth-order valence-corrected chi connectivity index (χ4v) is 2.04. The Balaban J connectivity index is 2.11. The van der Waals surface area contributed by atoms with E-state index in [-0.39, 0.29) is 18.1 Å². The third kappa shape index (κ3) is 3.57. The minimum Gasteiger partial charge on any atom is -0.476 e. The van der Waals surface area contributed by atoms with Crippen molar-refractivity contribution >= 4 is 22.8 Å². The van der Waals surface area contributed by atoms with Gasteiger partial charge in [0.1, 0.15) is 6.54 Å². The number of ether oxygens (including phenoxy) is 1. The Morgan fingerprint density at radius 2 is 2.14 bits per heavy atom. The Morgan fingerprint density at radius 3 is 2.86 bits per heavy atom. The maximum absolute atomic E-state index is 11.8. The second-order valence-corrected chi connectivity index (χ2v) is 4.52. The van der Waals surface area contributed by atoms with E-state index in [0.717, 1.165) is 6.42 Å². The van der Waals surface area contributed by atoms with Crippen LogP contribution in [0.1, 0.15) is 16.9 Å². The number of benzene rings is 1. The summed E-state index contributed by atoms with van der Waals surface area (Å²) in [6, 6.07) is 6.94. The summed E-state index contributed by atoms with van der Waals surface area (Å²) in [6.45, 7) is 1.08. The van der Waals surface area contributed by atoms with Crippen molar-refractivity contribution in [3.8, 4) is 0 Å². The maximum Gasteiger partial charge on any atom is 0.357 e. The normalized spacial score (nSPS) is 10.7. The van der Waals surface area contributed by atoms with E-state index >= 15 is 0 Å². The van der Waals surface area contributed by atoms with Gasteiger partial charge in [0.2, 0.25) is 5.91 Å². The minimum absolute atomic E-state index is 0.0131. The second kappa shape index (κ2) is 6.85. The van der Waals surface area contributed by atoms with Crippen LogP contribution in [0, 0.1) is 0 Å². The zero-order valence-corrected chi connectivity index (χ0v) is 11.7. The molecule has 0 atom stereocenters. The van der Waals surface area contributed by atoms with Gasteiger partial charge >= 0.3 is 5.97 Å². The number of nitrogens with one attached hydrogen (secondary N) is 1. The highest BCUT2D eigenvalue weighted by Gasteiger charge is 2.17. The molecule has 0 aliphatic rings. The molecule has 0 radical (unpaired) electrons. The summed E-state index contributed by atoms with van der Waals surface area (Å²) in [4.78, 5) is 23.0. The third-order valence-corrected chi connectivity index (χ3v) is 3.00. The number of rotatable bonds is 7. The van der Waals surface area contributed by atoms with E-state index in [0.29, 0.717) is 24.1 Å². The van der Waals surface area contributed by atoms with Crippen LogP contribution in [0.15, 0.2) is 24.3 Å². The molecular formula is C14H17N3O4. The molecule has 0 fully saturated rings. The Labute approximate surface area is 121 Å². The van der Waals surface area contributed by atoms with Gasteiger partial charge in [0.15, 0.2) is 5.69 Å². The molecule has 0 unspecified atom stereocenters. The lowest BCUT2D eigenvalue weighted by molar-refractivity contribution is -0.121. The molecule has 0 aliphatic carbocycles. The number of carbonyl (C=O) groups is 2. The van der Waals surface area contributed by atoms with Gasteiger partial charge in [-0.1, -0.05) is 18.2 Å². The number of hydrogen-bond donors (Lipinski definition) is 2. The van der Waals surface area contributed by atoms with Crippen molar-refractivity contribution in [3.63, 3.8) is 0 Å². The number of aromatic carboxylic acids is 1. The van der Waals surface area contributed by atoms with Crippen LogP contribution in [-0.4, -0.2) is 47.0 Å². The summed E-state index contributed by atoms with van der Waals surface area (Å²) in [5.74, 6) is -1.32. The molecular weight excluding hydrogens is 274 g/mol. The molecule has 0 saturated carbocycles. The van der Waals surface area contributed by atoms with Crippen molar-refractivity contribution in [3.05, 3.63) is 30.0 Å². The van der Waals surface area contributed by atoms with E-state index in [1.807, 2.05) is 0 Å². The molecule has 2 N–H and O–H groups in total. The number of carboxylic acids is 1. The highest BCUT2D eigenvalue weighted by atomic mass is 16.5. The molecule has 1 amide bonds. The van der Waals surface area contributed by atoms with Crippen molar-refractivity contribution in [2.45, 2.75) is 13.0 Å². The lowest BCUT2D eigenvalue weighted by atomic mass is 10.2. The summed E-state index contributed by atoms with van der Waals surface area (Å²) in [7, 11) is 1.60. The number of carboxylic acid groups (broad SMARTS) is 1. The van der Waals surface area contributed by atoms with Crippen LogP contribution in [0.2, 0.25) is 0 Å². The molecule has 0 bridgehead atoms. The minimum atomic E-state index is -1.11. The smallest absolute Gasteiger partial charge is 0.357 e. The molecule has 112 valence electrons. The summed E-state index contributed by atoms with van der Waals surface area (Å²) in [6.07, 6.45) is 0.725. The van der Waals surface area contributed by atoms with E-state index in [1.54, 1.807) is 31.4 Å². The van der Waals surface area contributed by atoms with Gasteiger partial charge < -0.3 is 15.2 Å². The number of para-hydroxylation sites is 1. The molecule has 7 nitrogen and oxygen atoms in total. The molecule has 1 heterocycles. The van der Waals surface area contributed by atoms with Gasteiger partial charge in [-0.3, -0.25) is 9.48 Å². The van der Waals surface area contributed by atoms with Crippen molar-refractivity contribution < 1.29 is 19.4 Å². The van der Waals surface area contributed by atoms with Crippen LogP contribution in [-0.2, 0) is 16.1 Å². The van der Waals surface area contributed by atoms with E-state index in [9.17, 15) is 9.59 Å². The van der Waals surface area contributed by atoms with Crippen LogP contribution in [0.5, 0.6) is 0 Å². The standard InChI is InChI=1S/C14H17N3O4/c1-21-8-4-7-15-12(18)9-17-11-6-3-2-5-10(11)13(16-17)14(19)20/h2-3,5-6H,4,7-9H2,1H3,(H,15,18)(H,19,20). The number of aromatic nitrogens is 2. The first kappa shape index (κ1) is 15.0. The van der Waals surface area contributed by atoms with E-state index in [4.69, 9.17) is 9.84 Å². The summed E-state index contributed by atoms with van der Waals surface area (Å²) in [5.41, 5.74) is 0.583. The highest BCUT2D eigenvalue weighted by Crippen LogP contribution is 2.18. The Hall–Kier alpha value is -2.41. The zero-order valence-electron chi connectivity index (χ0n) is 11.7. The van der Waals surface area contributed by atoms with Gasteiger partial charge in [-0.15, -0.1) is 0 Å². The number of carbonyl (C=O) groups excluding carboxylic acids is 1. The molecule has 1 aromatic heterocycles. The average molecular weight is 291 g/mol. The van der Waals surface area contributed by atoms with Crippen molar-refractivity contribution in [2.24, 2.45) is 0 Å². The monoisotopic (exact) mass is 291 g/mol. The van der Waals surface area contributed by atoms with E-state index in [1.165, 1.54) is 4.68 Å². The molecule has 1 aromatic carbocycles. The van der Waals surface area contributed by atoms with Gasteiger partial charge in [-0.05, 0) is 12.5 Å². The van der Waals surface area contributed by atoms with Gasteiger partial charge in [0.25, 0.3) is 0 Å². The summed E-state index contributed by atoms with van der Waals surface area (Å²) in [5, 5.41) is 16.4. The van der Waals surface area contributed by atoms with Crippen LogP contribution >= 0.6 is 0 Å². The van der Waals surface area contributed by atoms with Gasteiger partial charge in [-0.25, -0.2) is 4.79 Å². The number of amides is 1. The third-order valence-electron chi connectivity index (χ3n) is 3.00. The first-order valence-corrected chi connectivity index (χ1v) is 6.58. The van der Waals surface area contributed by atoms with E-state index < -0.39 is 5.97 Å². The van der Waals surface area contributed by atoms with Crippen LogP contribution < -0.4 is 5.32 Å².